The number of hydrogen-bond acceptors (Lipinski definition) is 14. The van der Waals surface area contributed by atoms with Gasteiger partial charge in [-0.1, -0.05) is 6.07 Å². The van der Waals surface area contributed by atoms with Crippen molar-refractivity contribution < 1.29 is 61.5 Å². The van der Waals surface area contributed by atoms with Crippen molar-refractivity contribution in [2.24, 2.45) is 0 Å². The van der Waals surface area contributed by atoms with Crippen LogP contribution in [-0.4, -0.2) is 74.4 Å². The van der Waals surface area contributed by atoms with Crippen molar-refractivity contribution in [1.29, 1.82) is 0 Å². The van der Waals surface area contributed by atoms with Crippen LogP contribution in [0.3, 0.4) is 0 Å². The first kappa shape index (κ1) is 32.3. The van der Waals surface area contributed by atoms with Crippen LogP contribution in [0.15, 0.2) is 45.6 Å². The minimum Gasteiger partial charge on any atom is -0.486 e. The number of hydrogen-bond donors (Lipinski definition) is 0. The lowest BCUT2D eigenvalue weighted by molar-refractivity contribution is -0.288. The molecule has 1 fully saturated rings. The van der Waals surface area contributed by atoms with Gasteiger partial charge in [0, 0.05) is 33.8 Å². The third kappa shape index (κ3) is 7.07. The molecule has 5 atom stereocenters. The molecule has 0 radical (unpaired) electrons. The zero-order chi connectivity index (χ0) is 33.1. The van der Waals surface area contributed by atoms with Crippen molar-refractivity contribution >= 4 is 34.8 Å². The van der Waals surface area contributed by atoms with Gasteiger partial charge in [-0.05, 0) is 36.8 Å². The Morgan fingerprint density at radius 1 is 0.783 bits per heavy atom. The maximum atomic E-state index is 13.6. The molecule has 0 saturated carbocycles. The molecule has 2 aliphatic heterocycles. The number of fused-ring (bicyclic) bond motifs is 2. The molecule has 244 valence electrons. The average molecular weight is 641 g/mol. The highest BCUT2D eigenvalue weighted by atomic mass is 16.7. The lowest BCUT2D eigenvalue weighted by atomic mass is 9.98. The highest BCUT2D eigenvalue weighted by Gasteiger charge is 2.53. The summed E-state index contributed by atoms with van der Waals surface area (Å²) < 4.78 is 50.7. The minimum absolute atomic E-state index is 0.128. The van der Waals surface area contributed by atoms with Gasteiger partial charge in [-0.3, -0.25) is 24.0 Å². The molecule has 0 unspecified atom stereocenters. The highest BCUT2D eigenvalue weighted by Crippen LogP contribution is 2.36. The summed E-state index contributed by atoms with van der Waals surface area (Å²) >= 11 is 0. The predicted molar refractivity (Wildman–Crippen MR) is 156 cm³/mol. The lowest BCUT2D eigenvalue weighted by Crippen LogP contribution is -2.63. The Morgan fingerprint density at radius 2 is 1.43 bits per heavy atom. The van der Waals surface area contributed by atoms with E-state index in [1.165, 1.54) is 25.1 Å². The molecule has 0 amide bonds. The van der Waals surface area contributed by atoms with Gasteiger partial charge in [0.1, 0.15) is 43.0 Å². The van der Waals surface area contributed by atoms with Crippen LogP contribution in [0.4, 0.5) is 0 Å². The molecular weight excluding hydrogens is 608 g/mol. The third-order valence-corrected chi connectivity index (χ3v) is 7.07. The maximum absolute atomic E-state index is 13.6. The lowest BCUT2D eigenvalue weighted by Gasteiger charge is -2.43. The number of rotatable bonds is 8. The largest absolute Gasteiger partial charge is 0.486 e. The van der Waals surface area contributed by atoms with E-state index in [1.807, 2.05) is 0 Å². The number of esters is 4. The Labute approximate surface area is 262 Å². The summed E-state index contributed by atoms with van der Waals surface area (Å²) in [5, 5.41) is 0.254. The monoisotopic (exact) mass is 640 g/mol. The molecule has 14 nitrogen and oxygen atoms in total. The summed E-state index contributed by atoms with van der Waals surface area (Å²) in [6, 6.07) is 9.64. The van der Waals surface area contributed by atoms with E-state index in [4.69, 9.17) is 42.3 Å². The van der Waals surface area contributed by atoms with Crippen LogP contribution in [0.1, 0.15) is 33.5 Å². The van der Waals surface area contributed by atoms with Crippen LogP contribution in [0, 0.1) is 6.92 Å². The second-order valence-electron chi connectivity index (χ2n) is 10.6. The van der Waals surface area contributed by atoms with Crippen molar-refractivity contribution in [3.8, 4) is 28.4 Å². The van der Waals surface area contributed by atoms with Crippen LogP contribution < -0.4 is 19.6 Å². The molecule has 3 heterocycles. The van der Waals surface area contributed by atoms with Gasteiger partial charge in [0.2, 0.25) is 17.8 Å². The fourth-order valence-corrected chi connectivity index (χ4v) is 5.31. The van der Waals surface area contributed by atoms with Crippen LogP contribution in [0.2, 0.25) is 0 Å². The van der Waals surface area contributed by atoms with Crippen molar-refractivity contribution in [3.05, 3.63) is 52.4 Å². The summed E-state index contributed by atoms with van der Waals surface area (Å²) in [5.41, 5.74) is 0.828. The van der Waals surface area contributed by atoms with Crippen LogP contribution in [0.25, 0.3) is 22.1 Å². The van der Waals surface area contributed by atoms with Crippen molar-refractivity contribution in [2.45, 2.75) is 65.3 Å². The van der Waals surface area contributed by atoms with E-state index in [0.717, 1.165) is 20.8 Å². The topological polar surface area (TPSA) is 172 Å². The van der Waals surface area contributed by atoms with E-state index in [2.05, 4.69) is 0 Å². The second-order valence-corrected chi connectivity index (χ2v) is 10.6. The van der Waals surface area contributed by atoms with Gasteiger partial charge in [0.05, 0.1) is 10.9 Å². The maximum Gasteiger partial charge on any atom is 0.303 e. The van der Waals surface area contributed by atoms with Crippen LogP contribution in [-0.2, 0) is 42.9 Å². The number of carbonyl (C=O) groups excluding carboxylic acids is 4. The van der Waals surface area contributed by atoms with E-state index in [-0.39, 0.29) is 22.1 Å². The average Bonchev–Trinajstić information content (AvgIpc) is 2.98. The van der Waals surface area contributed by atoms with Gasteiger partial charge in [-0.2, -0.15) is 0 Å². The Bertz CT molecular complexity index is 1730. The fraction of sp³-hybridized carbons (Fsp3) is 0.406. The van der Waals surface area contributed by atoms with Crippen LogP contribution >= 0.6 is 0 Å². The standard InChI is InChI=1S/C32H32O14/c1-15-27(20-6-9-23-25(12-20)39-11-10-38-23)28(37)22-8-7-21(13-24(22)41-15)45-32-31(44-19(5)36)30(43-18(4)35)29(42-17(3)34)26(46-32)14-40-16(2)33/h6-9,12-13,26,29-32H,10-11,14H2,1-5H3/t26-,29-,30-,31-,32+/m0/s1. The molecule has 3 aromatic rings. The Hall–Kier alpha value is -5.11. The van der Waals surface area contributed by atoms with Gasteiger partial charge in [0.25, 0.3) is 0 Å². The number of carbonyl (C=O) groups is 4. The third-order valence-electron chi connectivity index (χ3n) is 7.07. The summed E-state index contributed by atoms with van der Waals surface area (Å²) in [5.74, 6) is -1.38. The summed E-state index contributed by atoms with van der Waals surface area (Å²) in [6.07, 6.45) is -6.81. The van der Waals surface area contributed by atoms with E-state index in [1.54, 1.807) is 25.1 Å². The fourth-order valence-electron chi connectivity index (χ4n) is 5.31. The molecule has 46 heavy (non-hydrogen) atoms. The smallest absolute Gasteiger partial charge is 0.303 e. The van der Waals surface area contributed by atoms with E-state index < -0.39 is 61.2 Å². The Kier molecular flexibility index (Phi) is 9.46. The van der Waals surface area contributed by atoms with Crippen molar-refractivity contribution in [2.75, 3.05) is 19.8 Å². The molecular formula is C32H32O14. The number of aryl methyl sites for hydroxylation is 1. The molecule has 2 aromatic carbocycles. The zero-order valence-electron chi connectivity index (χ0n) is 25.7. The minimum atomic E-state index is -1.46. The SMILES string of the molecule is CC(=O)OC[C@@H]1O[C@@H](Oc2ccc3c(=O)c(-c4ccc5c(c4)OCCO5)c(C)oc3c2)[C@@H](OC(C)=O)[C@@H](OC(C)=O)[C@H]1OC(C)=O. The highest BCUT2D eigenvalue weighted by molar-refractivity contribution is 5.84. The van der Waals surface area contributed by atoms with Gasteiger partial charge < -0.3 is 42.3 Å². The van der Waals surface area contributed by atoms with Crippen molar-refractivity contribution in [3.63, 3.8) is 0 Å². The van der Waals surface area contributed by atoms with Crippen molar-refractivity contribution in [1.82, 2.24) is 0 Å². The van der Waals surface area contributed by atoms with Crippen LogP contribution in [0.5, 0.6) is 17.2 Å². The first-order valence-electron chi connectivity index (χ1n) is 14.4. The summed E-state index contributed by atoms with van der Waals surface area (Å²) in [6.45, 7) is 6.62. The molecule has 14 heteroatoms. The normalized spacial score (nSPS) is 22.0. The van der Waals surface area contributed by atoms with Gasteiger partial charge in [-0.25, -0.2) is 0 Å². The summed E-state index contributed by atoms with van der Waals surface area (Å²) in [7, 11) is 0. The summed E-state index contributed by atoms with van der Waals surface area (Å²) in [4.78, 5) is 61.4. The number of ether oxygens (including phenoxy) is 8. The van der Waals surface area contributed by atoms with E-state index in [0.29, 0.717) is 41.6 Å². The molecule has 0 N–H and O–H groups in total. The molecule has 5 rings (SSSR count). The predicted octanol–water partition coefficient (Wildman–Crippen LogP) is 3.00. The molecule has 1 aromatic heterocycles. The zero-order valence-corrected chi connectivity index (χ0v) is 25.7. The Balaban J connectivity index is 1.50. The number of benzene rings is 2. The van der Waals surface area contributed by atoms with Gasteiger partial charge in [-0.15, -0.1) is 0 Å². The molecule has 0 aliphatic carbocycles. The molecule has 1 saturated heterocycles. The quantitative estimate of drug-likeness (QED) is 0.260. The molecule has 2 aliphatic rings. The molecule has 0 bridgehead atoms. The molecule has 0 spiro atoms. The first-order valence-corrected chi connectivity index (χ1v) is 14.4. The second kappa shape index (κ2) is 13.5. The van der Waals surface area contributed by atoms with Gasteiger partial charge in [0.15, 0.2) is 23.7 Å². The van der Waals surface area contributed by atoms with Gasteiger partial charge >= 0.3 is 23.9 Å². The van der Waals surface area contributed by atoms with E-state index in [9.17, 15) is 24.0 Å². The van der Waals surface area contributed by atoms with E-state index >= 15 is 0 Å². The Morgan fingerprint density at radius 3 is 2.11 bits per heavy atom. The first-order chi connectivity index (χ1) is 21.9.